The lowest BCUT2D eigenvalue weighted by atomic mass is 10.2. The Balaban J connectivity index is 2.06. The number of rotatable bonds is 1. The maximum absolute atomic E-state index is 5.73. The highest BCUT2D eigenvalue weighted by Gasteiger charge is 2.18. The van der Waals surface area contributed by atoms with E-state index >= 15 is 0 Å². The summed E-state index contributed by atoms with van der Waals surface area (Å²) in [6.45, 7) is 0.827. The van der Waals surface area contributed by atoms with E-state index in [0.29, 0.717) is 0 Å². The molecule has 1 saturated heterocycles. The number of ether oxygens (including phenoxy) is 1. The van der Waals surface area contributed by atoms with E-state index < -0.39 is 0 Å². The zero-order chi connectivity index (χ0) is 11.0. The van der Waals surface area contributed by atoms with E-state index in [2.05, 4.69) is 26.0 Å². The second-order valence-corrected chi connectivity index (χ2v) is 4.82. The summed E-state index contributed by atoms with van der Waals surface area (Å²) < 4.78 is 8.64. The van der Waals surface area contributed by atoms with Gasteiger partial charge in [-0.2, -0.15) is 5.10 Å². The second kappa shape index (κ2) is 4.14. The average Bonchev–Trinajstić information content (AvgIpc) is 2.75. The van der Waals surface area contributed by atoms with Crippen LogP contribution in [0.25, 0.3) is 10.9 Å². The van der Waals surface area contributed by atoms with Gasteiger partial charge >= 0.3 is 0 Å². The number of halogens is 1. The van der Waals surface area contributed by atoms with Gasteiger partial charge in [0.25, 0.3) is 0 Å². The fraction of sp³-hybridized carbons (Fsp3) is 0.455. The molecule has 1 atom stereocenters. The molecule has 0 aliphatic carbocycles. The van der Waals surface area contributed by atoms with E-state index in [1.165, 1.54) is 6.42 Å². The highest BCUT2D eigenvalue weighted by atomic mass is 79.9. The zero-order valence-corrected chi connectivity index (χ0v) is 10.4. The summed E-state index contributed by atoms with van der Waals surface area (Å²) in [6.07, 6.45) is 8.94. The van der Waals surface area contributed by atoms with Crippen LogP contribution in [0.5, 0.6) is 0 Å². The van der Waals surface area contributed by atoms with Gasteiger partial charge in [-0.1, -0.05) is 0 Å². The summed E-state index contributed by atoms with van der Waals surface area (Å²) in [4.78, 5) is 4.18. The minimum Gasteiger partial charge on any atom is -0.356 e. The molecule has 2 aromatic rings. The van der Waals surface area contributed by atoms with Crippen LogP contribution in [0, 0.1) is 0 Å². The van der Waals surface area contributed by atoms with E-state index in [-0.39, 0.29) is 6.23 Å². The molecule has 0 amide bonds. The lowest BCUT2D eigenvalue weighted by Gasteiger charge is -2.23. The van der Waals surface area contributed by atoms with Crippen molar-refractivity contribution >= 4 is 26.8 Å². The third kappa shape index (κ3) is 1.64. The molecule has 16 heavy (non-hydrogen) atoms. The van der Waals surface area contributed by atoms with Crippen LogP contribution in [0.3, 0.4) is 0 Å². The van der Waals surface area contributed by atoms with Gasteiger partial charge in [0.15, 0.2) is 6.23 Å². The largest absolute Gasteiger partial charge is 0.356 e. The first-order chi connectivity index (χ1) is 7.86. The van der Waals surface area contributed by atoms with Gasteiger partial charge in [-0.05, 0) is 35.2 Å². The van der Waals surface area contributed by atoms with E-state index in [0.717, 1.165) is 34.8 Å². The molecule has 1 aliphatic heterocycles. The van der Waals surface area contributed by atoms with Crippen molar-refractivity contribution in [1.82, 2.24) is 14.8 Å². The fourth-order valence-electron chi connectivity index (χ4n) is 2.07. The molecule has 0 N–H and O–H groups in total. The third-order valence-corrected chi connectivity index (χ3v) is 3.54. The fourth-order valence-corrected chi connectivity index (χ4v) is 2.50. The Kier molecular flexibility index (Phi) is 2.65. The molecule has 1 fully saturated rings. The standard InChI is InChI=1S/C11H12BrN3O/c12-9-6-13-7-10-8(9)5-14-15(10)11-3-1-2-4-16-11/h5-7,11H,1-4H2. The summed E-state index contributed by atoms with van der Waals surface area (Å²) in [6, 6.07) is 0. The summed E-state index contributed by atoms with van der Waals surface area (Å²) in [5.74, 6) is 0. The van der Waals surface area contributed by atoms with Crippen molar-refractivity contribution in [3.63, 3.8) is 0 Å². The Morgan fingerprint density at radius 2 is 2.25 bits per heavy atom. The topological polar surface area (TPSA) is 39.9 Å². The van der Waals surface area contributed by atoms with Gasteiger partial charge in [-0.15, -0.1) is 0 Å². The van der Waals surface area contributed by atoms with E-state index in [1.54, 1.807) is 6.20 Å². The number of nitrogens with zero attached hydrogens (tertiary/aromatic N) is 3. The van der Waals surface area contributed by atoms with Crippen LogP contribution in [-0.2, 0) is 4.74 Å². The van der Waals surface area contributed by atoms with Gasteiger partial charge < -0.3 is 4.74 Å². The van der Waals surface area contributed by atoms with Crippen molar-refractivity contribution < 1.29 is 4.74 Å². The Hall–Kier alpha value is -0.940. The molecule has 5 heteroatoms. The zero-order valence-electron chi connectivity index (χ0n) is 8.77. The van der Waals surface area contributed by atoms with Crippen molar-refractivity contribution in [2.45, 2.75) is 25.5 Å². The minimum absolute atomic E-state index is 0.0716. The normalized spacial score (nSPS) is 21.4. The van der Waals surface area contributed by atoms with Crippen LogP contribution < -0.4 is 0 Å². The van der Waals surface area contributed by atoms with Crippen LogP contribution >= 0.6 is 15.9 Å². The van der Waals surface area contributed by atoms with Gasteiger partial charge in [0, 0.05) is 22.7 Å². The Bertz CT molecular complexity index is 505. The van der Waals surface area contributed by atoms with Crippen LogP contribution in [0.15, 0.2) is 23.1 Å². The minimum atomic E-state index is 0.0716. The molecule has 0 radical (unpaired) electrons. The molecule has 0 spiro atoms. The number of hydrogen-bond acceptors (Lipinski definition) is 3. The van der Waals surface area contributed by atoms with Crippen molar-refractivity contribution in [2.75, 3.05) is 6.61 Å². The summed E-state index contributed by atoms with van der Waals surface area (Å²) >= 11 is 3.48. The third-order valence-electron chi connectivity index (χ3n) is 2.90. The molecule has 4 nitrogen and oxygen atoms in total. The predicted octanol–water partition coefficient (Wildman–Crippen LogP) is 2.89. The molecule has 0 bridgehead atoms. The second-order valence-electron chi connectivity index (χ2n) is 3.96. The first-order valence-electron chi connectivity index (χ1n) is 5.44. The maximum atomic E-state index is 5.73. The van der Waals surface area contributed by atoms with Gasteiger partial charge in [0.05, 0.1) is 17.9 Å². The van der Waals surface area contributed by atoms with Crippen molar-refractivity contribution in [3.05, 3.63) is 23.1 Å². The number of hydrogen-bond donors (Lipinski definition) is 0. The lowest BCUT2D eigenvalue weighted by Crippen LogP contribution is -2.18. The molecule has 0 saturated carbocycles. The molecule has 3 heterocycles. The summed E-state index contributed by atoms with van der Waals surface area (Å²) in [5, 5.41) is 5.49. The van der Waals surface area contributed by atoms with Crippen molar-refractivity contribution in [3.8, 4) is 0 Å². The first-order valence-corrected chi connectivity index (χ1v) is 6.24. The Morgan fingerprint density at radius 3 is 3.06 bits per heavy atom. The molecule has 3 rings (SSSR count). The van der Waals surface area contributed by atoms with Crippen molar-refractivity contribution in [2.24, 2.45) is 0 Å². The average molecular weight is 282 g/mol. The quantitative estimate of drug-likeness (QED) is 0.807. The number of aromatic nitrogens is 3. The number of pyridine rings is 1. The van der Waals surface area contributed by atoms with E-state index in [9.17, 15) is 0 Å². The molecule has 0 aromatic carbocycles. The summed E-state index contributed by atoms with van der Waals surface area (Å²) in [7, 11) is 0. The van der Waals surface area contributed by atoms with E-state index in [4.69, 9.17) is 4.74 Å². The van der Waals surface area contributed by atoms with Gasteiger partial charge in [-0.25, -0.2) is 4.68 Å². The number of fused-ring (bicyclic) bond motifs is 1. The molecule has 1 aliphatic rings. The predicted molar refractivity (Wildman–Crippen MR) is 64.1 cm³/mol. The lowest BCUT2D eigenvalue weighted by molar-refractivity contribution is -0.0367. The SMILES string of the molecule is Brc1cncc2c1cnn2C1CCCCO1. The Morgan fingerprint density at radius 1 is 1.31 bits per heavy atom. The van der Waals surface area contributed by atoms with Crippen LogP contribution in [-0.4, -0.2) is 21.4 Å². The Labute approximate surface area is 102 Å². The van der Waals surface area contributed by atoms with Gasteiger partial charge in [0.1, 0.15) is 0 Å². The monoisotopic (exact) mass is 281 g/mol. The highest BCUT2D eigenvalue weighted by Crippen LogP contribution is 2.28. The summed E-state index contributed by atoms with van der Waals surface area (Å²) in [5.41, 5.74) is 1.03. The maximum Gasteiger partial charge on any atom is 0.150 e. The van der Waals surface area contributed by atoms with Crippen LogP contribution in [0.1, 0.15) is 25.5 Å². The smallest absolute Gasteiger partial charge is 0.150 e. The molecule has 1 unspecified atom stereocenters. The van der Waals surface area contributed by atoms with Crippen molar-refractivity contribution in [1.29, 1.82) is 0 Å². The van der Waals surface area contributed by atoms with Gasteiger partial charge in [0.2, 0.25) is 0 Å². The van der Waals surface area contributed by atoms with Crippen LogP contribution in [0.2, 0.25) is 0 Å². The highest BCUT2D eigenvalue weighted by molar-refractivity contribution is 9.10. The van der Waals surface area contributed by atoms with Gasteiger partial charge in [-0.3, -0.25) is 4.98 Å². The molecular formula is C11H12BrN3O. The van der Waals surface area contributed by atoms with Crippen LogP contribution in [0.4, 0.5) is 0 Å². The molecule has 84 valence electrons. The molecule has 2 aromatic heterocycles. The first kappa shape index (κ1) is 10.2. The van der Waals surface area contributed by atoms with E-state index in [1.807, 2.05) is 17.1 Å². The molecular weight excluding hydrogens is 270 g/mol.